The van der Waals surface area contributed by atoms with E-state index >= 15 is 0 Å². The van der Waals surface area contributed by atoms with E-state index in [0.29, 0.717) is 18.4 Å². The van der Waals surface area contributed by atoms with Crippen LogP contribution >= 0.6 is 0 Å². The van der Waals surface area contributed by atoms with Gasteiger partial charge in [-0.1, -0.05) is 54.2 Å². The standard InChI is InChI=1S/C34H44O9/c1-10-18(2)30(38)42-29-28(41-20(4)35)27(32(7)13-11-24(36)31(5,6)23(32)16-26(37)39-9)19(3)34-25(43-34)15-22(33(29,34)8)21-12-14-40-17-21/h11-14,17-18,22-23,25,27-29H,3,10,15-16H2,1-2,4-9H3/t18?,22-,23-,25+,27+,28+,29-,32-,33+,34+/m0/s1. The molecule has 2 heterocycles. The van der Waals surface area contributed by atoms with Gasteiger partial charge in [-0.15, -0.1) is 0 Å². The van der Waals surface area contributed by atoms with Gasteiger partial charge in [0.1, 0.15) is 17.8 Å². The molecular formula is C34H44O9. The van der Waals surface area contributed by atoms with Crippen LogP contribution < -0.4 is 0 Å². The zero-order chi connectivity index (χ0) is 31.7. The zero-order valence-corrected chi connectivity index (χ0v) is 26.4. The Balaban J connectivity index is 1.74. The minimum Gasteiger partial charge on any atom is -0.472 e. The highest BCUT2D eigenvalue weighted by atomic mass is 16.6. The average Bonchev–Trinajstić information content (AvgIpc) is 3.30. The summed E-state index contributed by atoms with van der Waals surface area (Å²) in [6.07, 6.45) is 5.72. The highest BCUT2D eigenvalue weighted by molar-refractivity contribution is 5.96. The summed E-state index contributed by atoms with van der Waals surface area (Å²) >= 11 is 0. The minimum absolute atomic E-state index is 0.0455. The van der Waals surface area contributed by atoms with Crippen molar-refractivity contribution in [1.29, 1.82) is 0 Å². The van der Waals surface area contributed by atoms with E-state index in [1.807, 2.05) is 53.7 Å². The fourth-order valence-corrected chi connectivity index (χ4v) is 8.76. The summed E-state index contributed by atoms with van der Waals surface area (Å²) in [7, 11) is 1.32. The Morgan fingerprint density at radius 2 is 1.86 bits per heavy atom. The number of hydrogen-bond donors (Lipinski definition) is 0. The second kappa shape index (κ2) is 10.5. The molecule has 0 aromatic carbocycles. The third kappa shape index (κ3) is 4.36. The largest absolute Gasteiger partial charge is 0.472 e. The zero-order valence-electron chi connectivity index (χ0n) is 26.4. The van der Waals surface area contributed by atoms with Crippen molar-refractivity contribution in [3.05, 3.63) is 48.5 Å². The van der Waals surface area contributed by atoms with E-state index in [1.165, 1.54) is 14.0 Å². The molecule has 234 valence electrons. The molecule has 1 aromatic heterocycles. The van der Waals surface area contributed by atoms with Gasteiger partial charge in [0.05, 0.1) is 43.5 Å². The van der Waals surface area contributed by atoms with Crippen LogP contribution in [0.4, 0.5) is 0 Å². The summed E-state index contributed by atoms with van der Waals surface area (Å²) in [5, 5.41) is 0. The number of hydrogen-bond acceptors (Lipinski definition) is 9. The first-order valence-electron chi connectivity index (χ1n) is 15.2. The van der Waals surface area contributed by atoms with Crippen LogP contribution in [0.15, 0.2) is 47.3 Å². The van der Waals surface area contributed by atoms with Crippen molar-refractivity contribution in [3.63, 3.8) is 0 Å². The van der Waals surface area contributed by atoms with Gasteiger partial charge < -0.3 is 23.4 Å². The molecular weight excluding hydrogens is 552 g/mol. The molecule has 2 saturated carbocycles. The lowest BCUT2D eigenvalue weighted by Gasteiger charge is -2.59. The monoisotopic (exact) mass is 596 g/mol. The molecule has 3 fully saturated rings. The first-order valence-corrected chi connectivity index (χ1v) is 15.2. The molecule has 10 atom stereocenters. The molecule has 9 nitrogen and oxygen atoms in total. The number of methoxy groups -OCH3 is 1. The number of esters is 3. The Morgan fingerprint density at radius 1 is 1.16 bits per heavy atom. The highest BCUT2D eigenvalue weighted by Gasteiger charge is 2.84. The normalized spacial score (nSPS) is 39.8. The first kappa shape index (κ1) is 31.2. The third-order valence-electron chi connectivity index (χ3n) is 11.4. The molecule has 1 aromatic rings. The lowest BCUT2D eigenvalue weighted by Crippen LogP contribution is -2.66. The van der Waals surface area contributed by atoms with Crippen molar-refractivity contribution in [2.24, 2.45) is 34.0 Å². The Bertz CT molecular complexity index is 1360. The van der Waals surface area contributed by atoms with E-state index < -0.39 is 63.8 Å². The molecule has 43 heavy (non-hydrogen) atoms. The first-order chi connectivity index (χ1) is 20.1. The second-order valence-electron chi connectivity index (χ2n) is 13.8. The van der Waals surface area contributed by atoms with Crippen molar-refractivity contribution in [2.45, 2.75) is 97.6 Å². The number of rotatable bonds is 8. The fraction of sp³-hybridized carbons (Fsp3) is 0.647. The van der Waals surface area contributed by atoms with E-state index in [1.54, 1.807) is 18.6 Å². The molecule has 3 aliphatic carbocycles. The van der Waals surface area contributed by atoms with E-state index in [4.69, 9.17) is 23.4 Å². The topological polar surface area (TPSA) is 122 Å². The van der Waals surface area contributed by atoms with Crippen LogP contribution in [0, 0.1) is 34.0 Å². The Hall–Kier alpha value is -3.20. The van der Waals surface area contributed by atoms with E-state index in [-0.39, 0.29) is 30.1 Å². The minimum atomic E-state index is -0.982. The highest BCUT2D eigenvalue weighted by Crippen LogP contribution is 2.76. The lowest BCUT2D eigenvalue weighted by molar-refractivity contribution is -0.210. The molecule has 1 aliphatic heterocycles. The number of carbonyl (C=O) groups excluding carboxylic acids is 4. The van der Waals surface area contributed by atoms with Gasteiger partial charge in [-0.3, -0.25) is 19.2 Å². The van der Waals surface area contributed by atoms with Crippen LogP contribution in [-0.4, -0.2) is 54.7 Å². The van der Waals surface area contributed by atoms with Crippen molar-refractivity contribution in [3.8, 4) is 0 Å². The second-order valence-corrected chi connectivity index (χ2v) is 13.8. The number of epoxide rings is 1. The van der Waals surface area contributed by atoms with Crippen LogP contribution in [0.25, 0.3) is 0 Å². The van der Waals surface area contributed by atoms with Crippen LogP contribution in [0.3, 0.4) is 0 Å². The van der Waals surface area contributed by atoms with Gasteiger partial charge in [0, 0.05) is 29.6 Å². The quantitative estimate of drug-likeness (QED) is 0.169. The predicted molar refractivity (Wildman–Crippen MR) is 155 cm³/mol. The van der Waals surface area contributed by atoms with Gasteiger partial charge in [-0.05, 0) is 42.0 Å². The Labute approximate surface area is 253 Å². The van der Waals surface area contributed by atoms with E-state index in [2.05, 4.69) is 6.58 Å². The van der Waals surface area contributed by atoms with Crippen LogP contribution in [0.2, 0.25) is 0 Å². The summed E-state index contributed by atoms with van der Waals surface area (Å²) in [6.45, 7) is 17.3. The number of allylic oxidation sites excluding steroid dienone is 2. The van der Waals surface area contributed by atoms with Crippen molar-refractivity contribution in [1.82, 2.24) is 0 Å². The van der Waals surface area contributed by atoms with Crippen LogP contribution in [0.5, 0.6) is 0 Å². The van der Waals surface area contributed by atoms with Crippen LogP contribution in [-0.2, 0) is 38.1 Å². The molecule has 4 aliphatic rings. The molecule has 1 unspecified atom stereocenters. The smallest absolute Gasteiger partial charge is 0.309 e. The van der Waals surface area contributed by atoms with Gasteiger partial charge in [0.2, 0.25) is 0 Å². The molecule has 0 N–H and O–H groups in total. The predicted octanol–water partition coefficient (Wildman–Crippen LogP) is 5.34. The average molecular weight is 597 g/mol. The molecule has 0 radical (unpaired) electrons. The fourth-order valence-electron chi connectivity index (χ4n) is 8.76. The summed E-state index contributed by atoms with van der Waals surface area (Å²) in [5.74, 6) is -3.26. The van der Waals surface area contributed by atoms with Crippen molar-refractivity contribution < 1.29 is 42.5 Å². The van der Waals surface area contributed by atoms with Crippen molar-refractivity contribution >= 4 is 23.7 Å². The Kier molecular flexibility index (Phi) is 7.60. The molecule has 1 saturated heterocycles. The molecule has 0 bridgehead atoms. The van der Waals surface area contributed by atoms with Gasteiger partial charge in [-0.25, -0.2) is 0 Å². The third-order valence-corrected chi connectivity index (χ3v) is 11.4. The van der Waals surface area contributed by atoms with Gasteiger partial charge >= 0.3 is 17.9 Å². The Morgan fingerprint density at radius 3 is 2.44 bits per heavy atom. The summed E-state index contributed by atoms with van der Waals surface area (Å²) in [5.41, 5.74) is -2.01. The molecule has 5 rings (SSSR count). The maximum Gasteiger partial charge on any atom is 0.309 e. The SMILES string of the molecule is C=C1[C@@H]([C@@]2(C)C=CC(=O)C(C)(C)[C@@H]2CC(=O)OC)[C@@H](OC(C)=O)[C@H](OC(=O)C(C)CC)[C@@]2(C)[C@H](c3ccoc3)C[C@H]3O[C@]132. The molecule has 9 heteroatoms. The van der Waals surface area contributed by atoms with Crippen LogP contribution in [0.1, 0.15) is 79.2 Å². The molecule has 1 spiro atoms. The van der Waals surface area contributed by atoms with E-state index in [0.717, 1.165) is 5.56 Å². The number of furan rings is 1. The summed E-state index contributed by atoms with van der Waals surface area (Å²) in [4.78, 5) is 52.5. The number of carbonyl (C=O) groups is 4. The van der Waals surface area contributed by atoms with Crippen molar-refractivity contribution in [2.75, 3.05) is 7.11 Å². The van der Waals surface area contributed by atoms with E-state index in [9.17, 15) is 19.2 Å². The molecule has 0 amide bonds. The maximum atomic E-state index is 13.6. The maximum absolute atomic E-state index is 13.6. The number of ketones is 1. The lowest BCUT2D eigenvalue weighted by atomic mass is 9.46. The summed E-state index contributed by atoms with van der Waals surface area (Å²) < 4.78 is 29.8. The van der Waals surface area contributed by atoms with Gasteiger partial charge in [0.25, 0.3) is 0 Å². The summed E-state index contributed by atoms with van der Waals surface area (Å²) in [6, 6.07) is 1.91. The van der Waals surface area contributed by atoms with Gasteiger partial charge in [-0.2, -0.15) is 0 Å². The number of ether oxygens (including phenoxy) is 4. The van der Waals surface area contributed by atoms with Gasteiger partial charge in [0.15, 0.2) is 5.78 Å².